The van der Waals surface area contributed by atoms with Crippen molar-refractivity contribution in [2.75, 3.05) is 37.8 Å². The zero-order chi connectivity index (χ0) is 28.5. The molecular formula is C31H35N7O3. The fourth-order valence-corrected chi connectivity index (χ4v) is 6.41. The number of fused-ring (bicyclic) bond motifs is 2. The van der Waals surface area contributed by atoms with Gasteiger partial charge in [0.05, 0.1) is 37.3 Å². The Morgan fingerprint density at radius 2 is 2.07 bits per heavy atom. The molecule has 2 saturated heterocycles. The molecule has 10 heteroatoms. The lowest BCUT2D eigenvalue weighted by atomic mass is 10.0. The molecule has 1 aromatic carbocycles. The number of hydrogen-bond donors (Lipinski definition) is 0. The summed E-state index contributed by atoms with van der Waals surface area (Å²) in [6.45, 7) is 9.40. The van der Waals surface area contributed by atoms with Crippen LogP contribution in [0.3, 0.4) is 0 Å². The maximum absolute atomic E-state index is 13.8. The molecule has 1 aliphatic carbocycles. The van der Waals surface area contributed by atoms with Crippen molar-refractivity contribution in [3.63, 3.8) is 0 Å². The number of nitrogens with zero attached hydrogens (tertiary/aromatic N) is 7. The Bertz CT molecular complexity index is 1450. The maximum atomic E-state index is 13.8. The van der Waals surface area contributed by atoms with Crippen LogP contribution in [0.2, 0.25) is 0 Å². The van der Waals surface area contributed by atoms with Crippen molar-refractivity contribution in [2.45, 2.75) is 57.8 Å². The van der Waals surface area contributed by atoms with Gasteiger partial charge in [-0.15, -0.1) is 0 Å². The summed E-state index contributed by atoms with van der Waals surface area (Å²) >= 11 is 0. The van der Waals surface area contributed by atoms with Gasteiger partial charge in [-0.25, -0.2) is 0 Å². The molecule has 4 aliphatic rings. The summed E-state index contributed by atoms with van der Waals surface area (Å²) in [6, 6.07) is 8.54. The van der Waals surface area contributed by atoms with Gasteiger partial charge in [0.25, 0.3) is 5.91 Å². The second-order valence-electron chi connectivity index (χ2n) is 11.2. The molecule has 2 aromatic rings. The maximum Gasteiger partial charge on any atom is 0.320 e. The van der Waals surface area contributed by atoms with E-state index in [0.717, 1.165) is 53.8 Å². The van der Waals surface area contributed by atoms with Gasteiger partial charge in [-0.1, -0.05) is 30.9 Å². The summed E-state index contributed by atoms with van der Waals surface area (Å²) in [5, 5.41) is 9.48. The molecule has 1 aromatic heterocycles. The first-order valence-electron chi connectivity index (χ1n) is 14.4. The van der Waals surface area contributed by atoms with Crippen molar-refractivity contribution >= 4 is 23.7 Å². The second-order valence-corrected chi connectivity index (χ2v) is 11.2. The molecule has 4 heterocycles. The van der Waals surface area contributed by atoms with Crippen molar-refractivity contribution in [1.29, 1.82) is 5.26 Å². The fraction of sp³-hybridized carbons (Fsp3) is 0.452. The van der Waals surface area contributed by atoms with Gasteiger partial charge >= 0.3 is 6.01 Å². The average molecular weight is 554 g/mol. The van der Waals surface area contributed by atoms with Crippen LogP contribution < -0.4 is 9.64 Å². The number of likely N-dealkylation sites (tertiary alicyclic amines) is 1. The molecule has 0 radical (unpaired) electrons. The lowest BCUT2D eigenvalue weighted by molar-refractivity contribution is -0.128. The summed E-state index contributed by atoms with van der Waals surface area (Å²) in [7, 11) is 0. The number of piperazine rings is 1. The van der Waals surface area contributed by atoms with Crippen LogP contribution in [0, 0.1) is 11.3 Å². The number of anilines is 1. The molecule has 3 aliphatic heterocycles. The van der Waals surface area contributed by atoms with E-state index in [9.17, 15) is 14.9 Å². The van der Waals surface area contributed by atoms with Gasteiger partial charge in [0.2, 0.25) is 5.91 Å². The Morgan fingerprint density at radius 3 is 2.85 bits per heavy atom. The van der Waals surface area contributed by atoms with Crippen molar-refractivity contribution in [2.24, 2.45) is 0 Å². The smallest absolute Gasteiger partial charge is 0.320 e. The molecule has 212 valence electrons. The summed E-state index contributed by atoms with van der Waals surface area (Å²) in [5.74, 6) is 0.512. The zero-order valence-electron chi connectivity index (χ0n) is 23.5. The molecule has 1 unspecified atom stereocenters. The van der Waals surface area contributed by atoms with Gasteiger partial charge in [-0.05, 0) is 49.5 Å². The number of rotatable bonds is 7. The third-order valence-corrected chi connectivity index (χ3v) is 8.71. The molecule has 0 saturated carbocycles. The van der Waals surface area contributed by atoms with Gasteiger partial charge in [0, 0.05) is 43.3 Å². The summed E-state index contributed by atoms with van der Waals surface area (Å²) < 4.78 is 6.14. The van der Waals surface area contributed by atoms with Gasteiger partial charge in [-0.2, -0.15) is 15.2 Å². The number of amides is 2. The minimum absolute atomic E-state index is 0.0217. The Kier molecular flexibility index (Phi) is 7.45. The zero-order valence-corrected chi connectivity index (χ0v) is 23.5. The first-order valence-corrected chi connectivity index (χ1v) is 14.4. The third-order valence-electron chi connectivity index (χ3n) is 8.71. The Balaban J connectivity index is 1.29. The minimum Gasteiger partial charge on any atom is -0.447 e. The van der Waals surface area contributed by atoms with Gasteiger partial charge in [-0.3, -0.25) is 14.5 Å². The minimum atomic E-state index is -0.293. The Morgan fingerprint density at radius 1 is 1.20 bits per heavy atom. The highest BCUT2D eigenvalue weighted by Crippen LogP contribution is 2.34. The molecule has 0 spiro atoms. The molecule has 0 N–H and O–H groups in total. The van der Waals surface area contributed by atoms with Crippen LogP contribution in [-0.2, 0) is 24.3 Å². The van der Waals surface area contributed by atoms with Gasteiger partial charge < -0.3 is 19.4 Å². The van der Waals surface area contributed by atoms with E-state index in [4.69, 9.17) is 14.7 Å². The van der Waals surface area contributed by atoms with Crippen LogP contribution in [0.4, 0.5) is 5.82 Å². The van der Waals surface area contributed by atoms with Crippen LogP contribution in [0.15, 0.2) is 36.9 Å². The SMILES string of the molecule is C=CC(=O)N1CCN(c2nc(OCN3CCCC3C)nc3c2CN(C(=O)c2cccc4c2CC=C4)C3)C[C@@H]1CC#N. The van der Waals surface area contributed by atoms with Crippen molar-refractivity contribution in [1.82, 2.24) is 24.7 Å². The number of aromatic nitrogens is 2. The topological polar surface area (TPSA) is 106 Å². The van der Waals surface area contributed by atoms with Crippen LogP contribution in [0.5, 0.6) is 6.01 Å². The highest BCUT2D eigenvalue weighted by molar-refractivity contribution is 5.97. The number of ether oxygens (including phenoxy) is 1. The number of benzene rings is 1. The van der Waals surface area contributed by atoms with E-state index in [-0.39, 0.29) is 24.3 Å². The predicted octanol–water partition coefficient (Wildman–Crippen LogP) is 3.14. The molecule has 10 nitrogen and oxygen atoms in total. The number of carbonyl (C=O) groups is 2. The lowest BCUT2D eigenvalue weighted by Crippen LogP contribution is -2.55. The summed E-state index contributed by atoms with van der Waals surface area (Å²) in [6.07, 6.45) is 8.69. The standard InChI is InChI=1S/C31H35N7O3/c1-3-28(39)38-16-15-35(17-23(38)12-13-32)29-26-18-37(30(40)25-11-5-9-22-8-4-10-24(22)25)19-27(26)33-31(34-29)41-20-36-14-6-7-21(36)2/h3-5,8-9,11,21,23H,1,6-7,10,12,14-20H2,2H3/t21?,23-/m0/s1. The number of hydrogen-bond acceptors (Lipinski definition) is 8. The second kappa shape index (κ2) is 11.3. The average Bonchev–Trinajstić information content (AvgIpc) is 3.74. The Hall–Kier alpha value is -4.23. The molecule has 2 fully saturated rings. The summed E-state index contributed by atoms with van der Waals surface area (Å²) in [5.41, 5.74) is 4.55. The highest BCUT2D eigenvalue weighted by atomic mass is 16.5. The first-order chi connectivity index (χ1) is 20.0. The fourth-order valence-electron chi connectivity index (χ4n) is 6.41. The highest BCUT2D eigenvalue weighted by Gasteiger charge is 2.36. The largest absolute Gasteiger partial charge is 0.447 e. The van der Waals surface area contributed by atoms with Crippen LogP contribution in [0.25, 0.3) is 6.08 Å². The molecule has 6 rings (SSSR count). The van der Waals surface area contributed by atoms with Crippen molar-refractivity contribution in [3.8, 4) is 12.1 Å². The van der Waals surface area contributed by atoms with E-state index < -0.39 is 0 Å². The van der Waals surface area contributed by atoms with E-state index in [1.807, 2.05) is 23.1 Å². The van der Waals surface area contributed by atoms with E-state index in [0.29, 0.717) is 57.3 Å². The van der Waals surface area contributed by atoms with Crippen molar-refractivity contribution in [3.05, 3.63) is 64.9 Å². The van der Waals surface area contributed by atoms with E-state index in [2.05, 4.69) is 41.5 Å². The first kappa shape index (κ1) is 27.0. The van der Waals surface area contributed by atoms with E-state index in [1.165, 1.54) is 6.08 Å². The van der Waals surface area contributed by atoms with Crippen LogP contribution in [0.1, 0.15) is 58.9 Å². The number of carbonyl (C=O) groups excluding carboxylic acids is 2. The molecule has 2 amide bonds. The molecule has 0 bridgehead atoms. The molecule has 2 atom stereocenters. The quantitative estimate of drug-likeness (QED) is 0.482. The monoisotopic (exact) mass is 553 g/mol. The van der Waals surface area contributed by atoms with Crippen molar-refractivity contribution < 1.29 is 14.3 Å². The summed E-state index contributed by atoms with van der Waals surface area (Å²) in [4.78, 5) is 43.8. The third kappa shape index (κ3) is 5.18. The molecule has 41 heavy (non-hydrogen) atoms. The predicted molar refractivity (Wildman–Crippen MR) is 154 cm³/mol. The van der Waals surface area contributed by atoms with Crippen LogP contribution in [-0.4, -0.2) is 81.5 Å². The lowest BCUT2D eigenvalue weighted by Gasteiger charge is -2.41. The van der Waals surface area contributed by atoms with E-state index in [1.54, 1.807) is 4.90 Å². The number of allylic oxidation sites excluding steroid dienone is 1. The van der Waals surface area contributed by atoms with Gasteiger partial charge in [0.15, 0.2) is 0 Å². The molecular weight excluding hydrogens is 518 g/mol. The van der Waals surface area contributed by atoms with E-state index >= 15 is 0 Å². The van der Waals surface area contributed by atoms with Crippen LogP contribution >= 0.6 is 0 Å². The van der Waals surface area contributed by atoms with Gasteiger partial charge in [0.1, 0.15) is 12.5 Å². The normalized spacial score (nSPS) is 21.5. The Labute approximate surface area is 240 Å². The number of nitriles is 1.